The Morgan fingerprint density at radius 1 is 1.40 bits per heavy atom. The second kappa shape index (κ2) is 6.43. The van der Waals surface area contributed by atoms with Crippen molar-refractivity contribution in [3.05, 3.63) is 33.0 Å². The second-order valence-electron chi connectivity index (χ2n) is 3.01. The van der Waals surface area contributed by atoms with Gasteiger partial charge >= 0.3 is 0 Å². The molecular weight excluding hydrogens is 284 g/mol. The highest BCUT2D eigenvalue weighted by Crippen LogP contribution is 2.25. The molecule has 0 aliphatic rings. The van der Waals surface area contributed by atoms with Gasteiger partial charge in [0.05, 0.1) is 18.2 Å². The first-order chi connectivity index (χ1) is 7.15. The molecule has 84 valence electrons. The topological polar surface area (TPSA) is 35.2 Å². The van der Waals surface area contributed by atoms with Crippen LogP contribution in [0.3, 0.4) is 0 Å². The largest absolute Gasteiger partial charge is 0.380 e. The highest BCUT2D eigenvalue weighted by atomic mass is 79.9. The summed E-state index contributed by atoms with van der Waals surface area (Å²) in [6.45, 7) is 1.42. The van der Waals surface area contributed by atoms with E-state index in [2.05, 4.69) is 15.9 Å². The average molecular weight is 297 g/mol. The van der Waals surface area contributed by atoms with Crippen LogP contribution >= 0.6 is 27.5 Å². The summed E-state index contributed by atoms with van der Waals surface area (Å²) < 4.78 is 19.1. The van der Waals surface area contributed by atoms with Crippen molar-refractivity contribution in [2.75, 3.05) is 19.8 Å². The molecule has 2 nitrogen and oxygen atoms in total. The van der Waals surface area contributed by atoms with Crippen molar-refractivity contribution in [2.45, 2.75) is 6.42 Å². The first-order valence-electron chi connectivity index (χ1n) is 4.56. The molecule has 0 aliphatic heterocycles. The molecule has 0 aromatic heterocycles. The standard InChI is InChI=1S/C10H12BrClFNO/c11-8-6-10(13)7(5-9(8)12)1-3-15-4-2-14/h5-6H,1-4,14H2. The van der Waals surface area contributed by atoms with Crippen molar-refractivity contribution < 1.29 is 9.13 Å². The van der Waals surface area contributed by atoms with Gasteiger partial charge in [-0.3, -0.25) is 0 Å². The molecule has 0 aliphatic carbocycles. The maximum Gasteiger partial charge on any atom is 0.127 e. The Morgan fingerprint density at radius 2 is 2.13 bits per heavy atom. The van der Waals surface area contributed by atoms with E-state index in [-0.39, 0.29) is 5.82 Å². The molecule has 1 aromatic carbocycles. The Kier molecular flexibility index (Phi) is 5.53. The van der Waals surface area contributed by atoms with Crippen LogP contribution in [0.15, 0.2) is 16.6 Å². The first kappa shape index (κ1) is 12.9. The highest BCUT2D eigenvalue weighted by Gasteiger charge is 2.06. The summed E-state index contributed by atoms with van der Waals surface area (Å²) in [5, 5.41) is 0.505. The van der Waals surface area contributed by atoms with E-state index in [0.717, 1.165) is 0 Å². The van der Waals surface area contributed by atoms with Gasteiger partial charge in [0.15, 0.2) is 0 Å². The average Bonchev–Trinajstić information content (AvgIpc) is 2.20. The van der Waals surface area contributed by atoms with Crippen molar-refractivity contribution >= 4 is 27.5 Å². The lowest BCUT2D eigenvalue weighted by molar-refractivity contribution is 0.144. The van der Waals surface area contributed by atoms with Gasteiger partial charge in [0.2, 0.25) is 0 Å². The van der Waals surface area contributed by atoms with E-state index in [4.69, 9.17) is 22.1 Å². The zero-order valence-electron chi connectivity index (χ0n) is 8.10. The van der Waals surface area contributed by atoms with Crippen LogP contribution in [0.25, 0.3) is 0 Å². The van der Waals surface area contributed by atoms with Gasteiger partial charge in [-0.2, -0.15) is 0 Å². The zero-order valence-corrected chi connectivity index (χ0v) is 10.4. The van der Waals surface area contributed by atoms with Crippen molar-refractivity contribution in [2.24, 2.45) is 5.73 Å². The summed E-state index contributed by atoms with van der Waals surface area (Å²) >= 11 is 9.01. The molecule has 0 spiro atoms. The molecule has 0 heterocycles. The van der Waals surface area contributed by atoms with Crippen LogP contribution in [0.4, 0.5) is 4.39 Å². The van der Waals surface area contributed by atoms with Crippen molar-refractivity contribution in [1.29, 1.82) is 0 Å². The van der Waals surface area contributed by atoms with Crippen molar-refractivity contribution in [3.8, 4) is 0 Å². The van der Waals surface area contributed by atoms with Crippen molar-refractivity contribution in [3.63, 3.8) is 0 Å². The van der Waals surface area contributed by atoms with Crippen LogP contribution in [-0.2, 0) is 11.2 Å². The predicted molar refractivity (Wildman–Crippen MR) is 62.7 cm³/mol. The number of ether oxygens (including phenoxy) is 1. The Labute approximate surface area is 102 Å². The van der Waals surface area contributed by atoms with Gasteiger partial charge in [-0.05, 0) is 40.0 Å². The van der Waals surface area contributed by atoms with Crippen LogP contribution in [0.2, 0.25) is 5.02 Å². The molecule has 1 aromatic rings. The Morgan fingerprint density at radius 3 is 2.80 bits per heavy atom. The minimum absolute atomic E-state index is 0.275. The maximum absolute atomic E-state index is 13.4. The number of nitrogens with two attached hydrogens (primary N) is 1. The van der Waals surface area contributed by atoms with E-state index in [1.807, 2.05) is 0 Å². The smallest absolute Gasteiger partial charge is 0.127 e. The monoisotopic (exact) mass is 295 g/mol. The number of rotatable bonds is 5. The van der Waals surface area contributed by atoms with Crippen LogP contribution in [0.1, 0.15) is 5.56 Å². The predicted octanol–water partition coefficient (Wildman–Crippen LogP) is 2.76. The SMILES string of the molecule is NCCOCCc1cc(Cl)c(Br)cc1F. The van der Waals surface area contributed by atoms with E-state index >= 15 is 0 Å². The van der Waals surface area contributed by atoms with E-state index < -0.39 is 0 Å². The van der Waals surface area contributed by atoms with Crippen LogP contribution in [-0.4, -0.2) is 19.8 Å². The first-order valence-corrected chi connectivity index (χ1v) is 5.73. The van der Waals surface area contributed by atoms with E-state index in [1.54, 1.807) is 6.07 Å². The van der Waals surface area contributed by atoms with Gasteiger partial charge in [0.25, 0.3) is 0 Å². The quantitative estimate of drug-likeness (QED) is 0.670. The molecule has 2 N–H and O–H groups in total. The molecular formula is C10H12BrClFNO. The zero-order chi connectivity index (χ0) is 11.3. The summed E-state index contributed by atoms with van der Waals surface area (Å²) in [5.41, 5.74) is 5.81. The minimum atomic E-state index is -0.275. The molecule has 0 radical (unpaired) electrons. The van der Waals surface area contributed by atoms with Gasteiger partial charge in [-0.1, -0.05) is 11.6 Å². The van der Waals surface area contributed by atoms with E-state index in [0.29, 0.717) is 41.2 Å². The summed E-state index contributed by atoms with van der Waals surface area (Å²) in [6, 6.07) is 2.97. The van der Waals surface area contributed by atoms with Gasteiger partial charge in [-0.15, -0.1) is 0 Å². The Hall–Kier alpha value is -0.160. The van der Waals surface area contributed by atoms with E-state index in [1.165, 1.54) is 6.07 Å². The molecule has 15 heavy (non-hydrogen) atoms. The van der Waals surface area contributed by atoms with Gasteiger partial charge in [0.1, 0.15) is 5.82 Å². The summed E-state index contributed by atoms with van der Waals surface area (Å²) in [7, 11) is 0. The molecule has 5 heteroatoms. The lowest BCUT2D eigenvalue weighted by atomic mass is 10.1. The van der Waals surface area contributed by atoms with E-state index in [9.17, 15) is 4.39 Å². The molecule has 0 saturated heterocycles. The number of halogens is 3. The summed E-state index contributed by atoms with van der Waals surface area (Å²) in [6.07, 6.45) is 0.499. The second-order valence-corrected chi connectivity index (χ2v) is 4.27. The third-order valence-corrected chi connectivity index (χ3v) is 3.06. The number of benzene rings is 1. The summed E-state index contributed by atoms with van der Waals surface area (Å²) in [5.74, 6) is -0.275. The summed E-state index contributed by atoms with van der Waals surface area (Å²) in [4.78, 5) is 0. The van der Waals surface area contributed by atoms with Crippen molar-refractivity contribution in [1.82, 2.24) is 0 Å². The Bertz CT molecular complexity index is 335. The third-order valence-electron chi connectivity index (χ3n) is 1.87. The molecule has 0 unspecified atom stereocenters. The molecule has 0 bridgehead atoms. The fraction of sp³-hybridized carbons (Fsp3) is 0.400. The maximum atomic E-state index is 13.4. The van der Waals surface area contributed by atoms with Gasteiger partial charge < -0.3 is 10.5 Å². The van der Waals surface area contributed by atoms with Gasteiger partial charge in [-0.25, -0.2) is 4.39 Å². The number of hydrogen-bond acceptors (Lipinski definition) is 2. The molecule has 0 amide bonds. The molecule has 0 atom stereocenters. The Balaban J connectivity index is 2.57. The third kappa shape index (κ3) is 4.07. The number of hydrogen-bond donors (Lipinski definition) is 1. The molecule has 1 rings (SSSR count). The minimum Gasteiger partial charge on any atom is -0.380 e. The van der Waals surface area contributed by atoms with Crippen LogP contribution < -0.4 is 5.73 Å². The lowest BCUT2D eigenvalue weighted by Crippen LogP contribution is -2.10. The fourth-order valence-corrected chi connectivity index (χ4v) is 1.62. The van der Waals surface area contributed by atoms with Gasteiger partial charge in [0, 0.05) is 11.0 Å². The highest BCUT2D eigenvalue weighted by molar-refractivity contribution is 9.10. The fourth-order valence-electron chi connectivity index (χ4n) is 1.12. The normalized spacial score (nSPS) is 10.7. The lowest BCUT2D eigenvalue weighted by Gasteiger charge is -2.06. The van der Waals surface area contributed by atoms with Crippen LogP contribution in [0.5, 0.6) is 0 Å². The van der Waals surface area contributed by atoms with Crippen LogP contribution in [0, 0.1) is 5.82 Å². The molecule has 0 saturated carbocycles. The molecule has 0 fully saturated rings.